The maximum absolute atomic E-state index is 12.1. The molecule has 2 rings (SSSR count). The molecule has 0 bridgehead atoms. The predicted molar refractivity (Wildman–Crippen MR) is 110 cm³/mol. The van der Waals surface area contributed by atoms with Crippen molar-refractivity contribution < 1.29 is 9.59 Å². The second-order valence-electron chi connectivity index (χ2n) is 5.37. The first-order valence-corrected chi connectivity index (χ1v) is 9.68. The molecular formula is C18H19IN2O2S. The molecule has 126 valence electrons. The Bertz CT molecular complexity index is 712. The minimum atomic E-state index is -0.111. The molecule has 2 N–H and O–H groups in total. The second kappa shape index (κ2) is 9.08. The van der Waals surface area contributed by atoms with Crippen LogP contribution in [-0.2, 0) is 9.59 Å². The average molecular weight is 454 g/mol. The summed E-state index contributed by atoms with van der Waals surface area (Å²) in [4.78, 5) is 23.9. The van der Waals surface area contributed by atoms with Crippen LogP contribution in [0, 0.1) is 17.4 Å². The zero-order valence-electron chi connectivity index (χ0n) is 13.6. The molecule has 2 amide bonds. The molecular weight excluding hydrogens is 435 g/mol. The Morgan fingerprint density at radius 2 is 1.50 bits per heavy atom. The highest BCUT2D eigenvalue weighted by molar-refractivity contribution is 14.1. The molecule has 0 heterocycles. The molecule has 2 aromatic rings. The molecule has 0 atom stereocenters. The topological polar surface area (TPSA) is 58.2 Å². The highest BCUT2D eigenvalue weighted by Crippen LogP contribution is 2.23. The van der Waals surface area contributed by atoms with E-state index in [0.717, 1.165) is 26.1 Å². The Kier molecular flexibility index (Phi) is 7.11. The number of rotatable bonds is 6. The maximum atomic E-state index is 12.1. The summed E-state index contributed by atoms with van der Waals surface area (Å²) >= 11 is 3.56. The number of nitrogens with one attached hydrogen (secondary N) is 2. The number of carbonyl (C=O) groups excluding carboxylic acids is 2. The van der Waals surface area contributed by atoms with E-state index < -0.39 is 0 Å². The van der Waals surface area contributed by atoms with Gasteiger partial charge in [0, 0.05) is 14.9 Å². The van der Waals surface area contributed by atoms with Gasteiger partial charge in [0.1, 0.15) is 0 Å². The second-order valence-corrected chi connectivity index (χ2v) is 7.60. The minimum Gasteiger partial charge on any atom is -0.325 e. The molecule has 0 radical (unpaired) electrons. The van der Waals surface area contributed by atoms with Crippen LogP contribution in [0.1, 0.15) is 11.1 Å². The third-order valence-corrected chi connectivity index (χ3v) is 4.84. The van der Waals surface area contributed by atoms with E-state index >= 15 is 0 Å². The zero-order valence-corrected chi connectivity index (χ0v) is 16.5. The quantitative estimate of drug-likeness (QED) is 0.643. The third kappa shape index (κ3) is 5.83. The summed E-state index contributed by atoms with van der Waals surface area (Å²) in [7, 11) is 0. The fourth-order valence-electron chi connectivity index (χ4n) is 2.24. The first-order valence-electron chi connectivity index (χ1n) is 7.45. The van der Waals surface area contributed by atoms with E-state index in [-0.39, 0.29) is 23.3 Å². The van der Waals surface area contributed by atoms with E-state index in [2.05, 4.69) is 33.2 Å². The summed E-state index contributed by atoms with van der Waals surface area (Å²) < 4.78 is 1.15. The average Bonchev–Trinajstić information content (AvgIpc) is 2.52. The molecule has 0 unspecified atom stereocenters. The van der Waals surface area contributed by atoms with Crippen molar-refractivity contribution in [2.45, 2.75) is 13.8 Å². The van der Waals surface area contributed by atoms with Crippen molar-refractivity contribution in [2.75, 3.05) is 22.1 Å². The number of hydrogen-bond acceptors (Lipinski definition) is 3. The fraction of sp³-hybridized carbons (Fsp3) is 0.222. The van der Waals surface area contributed by atoms with Crippen molar-refractivity contribution in [2.24, 2.45) is 0 Å². The maximum Gasteiger partial charge on any atom is 0.234 e. The van der Waals surface area contributed by atoms with Crippen molar-refractivity contribution >= 4 is 57.5 Å². The third-order valence-electron chi connectivity index (χ3n) is 3.29. The van der Waals surface area contributed by atoms with Crippen LogP contribution in [0.3, 0.4) is 0 Å². The largest absolute Gasteiger partial charge is 0.325 e. The lowest BCUT2D eigenvalue weighted by Crippen LogP contribution is -2.19. The van der Waals surface area contributed by atoms with Crippen LogP contribution < -0.4 is 10.6 Å². The van der Waals surface area contributed by atoms with Crippen molar-refractivity contribution in [1.82, 2.24) is 0 Å². The van der Waals surface area contributed by atoms with Gasteiger partial charge in [0.15, 0.2) is 0 Å². The lowest BCUT2D eigenvalue weighted by atomic mass is 10.1. The van der Waals surface area contributed by atoms with Crippen LogP contribution in [0.5, 0.6) is 0 Å². The normalized spacial score (nSPS) is 10.3. The molecule has 0 saturated heterocycles. The van der Waals surface area contributed by atoms with E-state index in [1.165, 1.54) is 11.8 Å². The SMILES string of the molecule is Cc1cc(I)cc(C)c1NC(=O)CSCC(=O)Nc1ccccc1. The molecule has 0 fully saturated rings. The highest BCUT2D eigenvalue weighted by atomic mass is 127. The van der Waals surface area contributed by atoms with Gasteiger partial charge in [-0.3, -0.25) is 9.59 Å². The molecule has 4 nitrogen and oxygen atoms in total. The van der Waals surface area contributed by atoms with Crippen LogP contribution in [0.15, 0.2) is 42.5 Å². The van der Waals surface area contributed by atoms with Gasteiger partial charge in [0.2, 0.25) is 11.8 Å². The van der Waals surface area contributed by atoms with Crippen LogP contribution in [0.4, 0.5) is 11.4 Å². The van der Waals surface area contributed by atoms with Gasteiger partial charge in [-0.25, -0.2) is 0 Å². The van der Waals surface area contributed by atoms with Crippen LogP contribution in [0.2, 0.25) is 0 Å². The Morgan fingerprint density at radius 3 is 2.08 bits per heavy atom. The molecule has 0 spiro atoms. The van der Waals surface area contributed by atoms with E-state index in [0.29, 0.717) is 0 Å². The summed E-state index contributed by atoms with van der Waals surface area (Å²) in [5.74, 6) is 0.278. The van der Waals surface area contributed by atoms with Crippen LogP contribution in [0.25, 0.3) is 0 Å². The molecule has 2 aromatic carbocycles. The van der Waals surface area contributed by atoms with Crippen molar-refractivity contribution in [3.8, 4) is 0 Å². The van der Waals surface area contributed by atoms with Gasteiger partial charge in [-0.2, -0.15) is 0 Å². The first-order chi connectivity index (χ1) is 11.5. The lowest BCUT2D eigenvalue weighted by molar-refractivity contribution is -0.114. The standard InChI is InChI=1S/C18H19IN2O2S/c1-12-8-14(19)9-13(2)18(12)21-17(23)11-24-10-16(22)20-15-6-4-3-5-7-15/h3-9H,10-11H2,1-2H3,(H,20,22)(H,21,23). The van der Waals surface area contributed by atoms with Gasteiger partial charge in [0.05, 0.1) is 11.5 Å². The number of hydrogen-bond donors (Lipinski definition) is 2. The summed E-state index contributed by atoms with van der Waals surface area (Å²) in [6.07, 6.45) is 0. The molecule has 24 heavy (non-hydrogen) atoms. The Morgan fingerprint density at radius 1 is 0.958 bits per heavy atom. The number of para-hydroxylation sites is 1. The van der Waals surface area contributed by atoms with Crippen LogP contribution >= 0.6 is 34.4 Å². The molecule has 6 heteroatoms. The molecule has 0 aliphatic carbocycles. The summed E-state index contributed by atoms with van der Waals surface area (Å²) in [5, 5.41) is 5.73. The Labute approximate surface area is 159 Å². The molecule has 0 saturated carbocycles. The van der Waals surface area contributed by atoms with Gasteiger partial charge < -0.3 is 10.6 Å². The number of amides is 2. The van der Waals surface area contributed by atoms with E-state index in [4.69, 9.17) is 0 Å². The fourth-order valence-corrected chi connectivity index (χ4v) is 3.79. The Balaban J connectivity index is 1.78. The van der Waals surface area contributed by atoms with E-state index in [1.54, 1.807) is 0 Å². The number of aryl methyl sites for hydroxylation is 2. The Hall–Kier alpha value is -1.54. The number of thioether (sulfide) groups is 1. The number of halogens is 1. The monoisotopic (exact) mass is 454 g/mol. The number of carbonyl (C=O) groups is 2. The number of anilines is 2. The highest BCUT2D eigenvalue weighted by Gasteiger charge is 2.10. The lowest BCUT2D eigenvalue weighted by Gasteiger charge is -2.12. The van der Waals surface area contributed by atoms with Crippen molar-refractivity contribution in [1.29, 1.82) is 0 Å². The molecule has 0 aromatic heterocycles. The molecule has 0 aliphatic rings. The van der Waals surface area contributed by atoms with Gasteiger partial charge in [-0.05, 0) is 71.8 Å². The summed E-state index contributed by atoms with van der Waals surface area (Å²) in [5.41, 5.74) is 3.70. The molecule has 0 aliphatic heterocycles. The predicted octanol–water partition coefficient (Wildman–Crippen LogP) is 4.22. The van der Waals surface area contributed by atoms with Gasteiger partial charge >= 0.3 is 0 Å². The smallest absolute Gasteiger partial charge is 0.234 e. The summed E-state index contributed by atoms with van der Waals surface area (Å²) in [6.45, 7) is 3.95. The van der Waals surface area contributed by atoms with Gasteiger partial charge in [0.25, 0.3) is 0 Å². The summed E-state index contributed by atoms with van der Waals surface area (Å²) in [6, 6.07) is 13.3. The van der Waals surface area contributed by atoms with Gasteiger partial charge in [-0.1, -0.05) is 18.2 Å². The van der Waals surface area contributed by atoms with E-state index in [9.17, 15) is 9.59 Å². The van der Waals surface area contributed by atoms with Crippen LogP contribution in [-0.4, -0.2) is 23.3 Å². The minimum absolute atomic E-state index is 0.0973. The zero-order chi connectivity index (χ0) is 17.5. The van der Waals surface area contributed by atoms with Crippen molar-refractivity contribution in [3.05, 3.63) is 57.2 Å². The number of benzene rings is 2. The first kappa shape index (κ1) is 18.8. The van der Waals surface area contributed by atoms with Crippen molar-refractivity contribution in [3.63, 3.8) is 0 Å². The van der Waals surface area contributed by atoms with E-state index in [1.807, 2.05) is 56.3 Å². The van der Waals surface area contributed by atoms with Gasteiger partial charge in [-0.15, -0.1) is 11.8 Å².